The molecule has 0 bridgehead atoms. The van der Waals surface area contributed by atoms with Gasteiger partial charge in [-0.2, -0.15) is 0 Å². The topological polar surface area (TPSA) is 41.1 Å². The molecule has 3 nitrogen and oxygen atoms in total. The molecule has 19 heavy (non-hydrogen) atoms. The Kier molecular flexibility index (Phi) is 3.29. The molecule has 0 saturated carbocycles. The number of amides is 1. The van der Waals surface area contributed by atoms with Crippen LogP contribution in [0.2, 0.25) is 0 Å². The molecule has 3 rings (SSSR count). The second kappa shape index (κ2) is 5.24. The summed E-state index contributed by atoms with van der Waals surface area (Å²) < 4.78 is 0. The van der Waals surface area contributed by atoms with Crippen LogP contribution in [0.15, 0.2) is 54.6 Å². The molecule has 1 heterocycles. The number of hydrogen-bond donors (Lipinski definition) is 2. The van der Waals surface area contributed by atoms with E-state index < -0.39 is 0 Å². The Morgan fingerprint density at radius 1 is 0.895 bits per heavy atom. The van der Waals surface area contributed by atoms with Crippen LogP contribution in [0.25, 0.3) is 0 Å². The van der Waals surface area contributed by atoms with Gasteiger partial charge in [-0.05, 0) is 17.2 Å². The summed E-state index contributed by atoms with van der Waals surface area (Å²) >= 11 is 0. The van der Waals surface area contributed by atoms with Crippen molar-refractivity contribution in [2.45, 2.75) is 6.04 Å². The summed E-state index contributed by atoms with van der Waals surface area (Å²) in [6.45, 7) is 1.41. The van der Waals surface area contributed by atoms with Gasteiger partial charge in [-0.1, -0.05) is 48.5 Å². The van der Waals surface area contributed by atoms with Crippen molar-refractivity contribution in [3.8, 4) is 0 Å². The van der Waals surface area contributed by atoms with Crippen molar-refractivity contribution in [1.29, 1.82) is 0 Å². The number of benzene rings is 2. The quantitative estimate of drug-likeness (QED) is 0.816. The minimum Gasteiger partial charge on any atom is -0.351 e. The fraction of sp³-hybridized carbons (Fsp3) is 0.188. The first-order chi connectivity index (χ1) is 9.36. The Bertz CT molecular complexity index is 580. The second-order valence-corrected chi connectivity index (χ2v) is 4.64. The molecule has 0 aliphatic carbocycles. The van der Waals surface area contributed by atoms with E-state index in [1.165, 1.54) is 5.56 Å². The smallest absolute Gasteiger partial charge is 0.251 e. The first-order valence-corrected chi connectivity index (χ1v) is 6.52. The lowest BCUT2D eigenvalue weighted by atomic mass is 9.93. The van der Waals surface area contributed by atoms with Gasteiger partial charge in [0, 0.05) is 18.7 Å². The van der Waals surface area contributed by atoms with Crippen LogP contribution in [-0.2, 0) is 0 Å². The Balaban J connectivity index is 2.10. The highest BCUT2D eigenvalue weighted by molar-refractivity contribution is 5.96. The molecule has 0 saturated heterocycles. The predicted octanol–water partition coefficient (Wildman–Crippen LogP) is 2.11. The molecular weight excluding hydrogens is 236 g/mol. The van der Waals surface area contributed by atoms with Gasteiger partial charge < -0.3 is 10.6 Å². The third kappa shape index (κ3) is 2.37. The number of nitrogens with one attached hydrogen (secondary N) is 2. The standard InChI is InChI=1S/C16H16N2O/c19-16-14-9-5-4-8-13(14)15(17-10-11-18-16)12-6-2-1-3-7-12/h1-9,15,17H,10-11H2,(H,18,19). The number of hydrogen-bond acceptors (Lipinski definition) is 2. The van der Waals surface area contributed by atoms with E-state index in [0.717, 1.165) is 17.7 Å². The molecule has 1 amide bonds. The molecule has 96 valence electrons. The molecule has 1 aliphatic heterocycles. The van der Waals surface area contributed by atoms with Crippen LogP contribution in [0.3, 0.4) is 0 Å². The highest BCUT2D eigenvalue weighted by Crippen LogP contribution is 2.25. The second-order valence-electron chi connectivity index (χ2n) is 4.64. The summed E-state index contributed by atoms with van der Waals surface area (Å²) in [6, 6.07) is 18.1. The van der Waals surface area contributed by atoms with Crippen LogP contribution in [0.5, 0.6) is 0 Å². The minimum absolute atomic E-state index is 0.0121. The van der Waals surface area contributed by atoms with Gasteiger partial charge in [0.2, 0.25) is 0 Å². The van der Waals surface area contributed by atoms with Crippen LogP contribution in [-0.4, -0.2) is 19.0 Å². The lowest BCUT2D eigenvalue weighted by molar-refractivity contribution is 0.0949. The van der Waals surface area contributed by atoms with Crippen LogP contribution in [0.4, 0.5) is 0 Å². The Morgan fingerprint density at radius 2 is 1.63 bits per heavy atom. The molecule has 0 radical (unpaired) electrons. The number of carbonyl (C=O) groups excluding carboxylic acids is 1. The molecule has 2 aromatic carbocycles. The SMILES string of the molecule is O=C1NCCNC(c2ccccc2)c2ccccc21. The van der Waals surface area contributed by atoms with E-state index in [4.69, 9.17) is 0 Å². The van der Waals surface area contributed by atoms with Gasteiger partial charge >= 0.3 is 0 Å². The zero-order chi connectivity index (χ0) is 13.1. The first-order valence-electron chi connectivity index (χ1n) is 6.52. The van der Waals surface area contributed by atoms with Gasteiger partial charge in [0.25, 0.3) is 5.91 Å². The van der Waals surface area contributed by atoms with Crippen molar-refractivity contribution in [2.75, 3.05) is 13.1 Å². The van der Waals surface area contributed by atoms with E-state index in [0.29, 0.717) is 6.54 Å². The van der Waals surface area contributed by atoms with E-state index in [2.05, 4.69) is 22.8 Å². The van der Waals surface area contributed by atoms with Crippen LogP contribution >= 0.6 is 0 Å². The number of rotatable bonds is 1. The molecule has 3 heteroatoms. The van der Waals surface area contributed by atoms with E-state index in [1.807, 2.05) is 42.5 Å². The third-order valence-electron chi connectivity index (χ3n) is 3.41. The molecule has 2 N–H and O–H groups in total. The average Bonchev–Trinajstić information content (AvgIpc) is 2.46. The molecule has 0 fully saturated rings. The first kappa shape index (κ1) is 11.9. The van der Waals surface area contributed by atoms with Crippen molar-refractivity contribution in [3.05, 3.63) is 71.3 Å². The summed E-state index contributed by atoms with van der Waals surface area (Å²) in [5.41, 5.74) is 2.97. The summed E-state index contributed by atoms with van der Waals surface area (Å²) in [4.78, 5) is 12.1. The van der Waals surface area contributed by atoms with Gasteiger partial charge in [0.15, 0.2) is 0 Å². The summed E-state index contributed by atoms with van der Waals surface area (Å²) in [7, 11) is 0. The van der Waals surface area contributed by atoms with Gasteiger partial charge in [-0.15, -0.1) is 0 Å². The van der Waals surface area contributed by atoms with E-state index in [1.54, 1.807) is 0 Å². The normalized spacial score (nSPS) is 18.9. The van der Waals surface area contributed by atoms with Crippen LogP contribution in [0, 0.1) is 0 Å². The summed E-state index contributed by atoms with van der Waals surface area (Å²) in [5, 5.41) is 6.41. The predicted molar refractivity (Wildman–Crippen MR) is 75.1 cm³/mol. The van der Waals surface area contributed by atoms with Crippen LogP contribution < -0.4 is 10.6 Å². The van der Waals surface area contributed by atoms with E-state index >= 15 is 0 Å². The molecule has 0 aromatic heterocycles. The number of fused-ring (bicyclic) bond motifs is 1. The summed E-state index contributed by atoms with van der Waals surface area (Å²) in [5.74, 6) is 0.0121. The van der Waals surface area contributed by atoms with Crippen molar-refractivity contribution in [1.82, 2.24) is 10.6 Å². The third-order valence-corrected chi connectivity index (χ3v) is 3.41. The van der Waals surface area contributed by atoms with Crippen molar-refractivity contribution in [3.63, 3.8) is 0 Å². The van der Waals surface area contributed by atoms with Crippen molar-refractivity contribution in [2.24, 2.45) is 0 Å². The number of carbonyl (C=O) groups is 1. The molecule has 1 unspecified atom stereocenters. The maximum atomic E-state index is 12.1. The Labute approximate surface area is 112 Å². The van der Waals surface area contributed by atoms with Gasteiger partial charge in [0.05, 0.1) is 6.04 Å². The van der Waals surface area contributed by atoms with Crippen molar-refractivity contribution >= 4 is 5.91 Å². The average molecular weight is 252 g/mol. The molecule has 0 spiro atoms. The zero-order valence-electron chi connectivity index (χ0n) is 10.6. The monoisotopic (exact) mass is 252 g/mol. The zero-order valence-corrected chi connectivity index (χ0v) is 10.6. The molecule has 2 aromatic rings. The van der Waals surface area contributed by atoms with Gasteiger partial charge in [0.1, 0.15) is 0 Å². The highest BCUT2D eigenvalue weighted by atomic mass is 16.1. The maximum absolute atomic E-state index is 12.1. The van der Waals surface area contributed by atoms with E-state index in [9.17, 15) is 4.79 Å². The fourth-order valence-electron chi connectivity index (χ4n) is 2.50. The Morgan fingerprint density at radius 3 is 2.47 bits per heavy atom. The molecule has 1 aliphatic rings. The highest BCUT2D eigenvalue weighted by Gasteiger charge is 2.21. The summed E-state index contributed by atoms with van der Waals surface area (Å²) in [6.07, 6.45) is 0. The van der Waals surface area contributed by atoms with Crippen LogP contribution in [0.1, 0.15) is 27.5 Å². The lowest BCUT2D eigenvalue weighted by Crippen LogP contribution is -2.38. The molecular formula is C16H16N2O. The van der Waals surface area contributed by atoms with Gasteiger partial charge in [-0.3, -0.25) is 4.79 Å². The maximum Gasteiger partial charge on any atom is 0.251 e. The van der Waals surface area contributed by atoms with Crippen molar-refractivity contribution < 1.29 is 4.79 Å². The minimum atomic E-state index is 0.0121. The largest absolute Gasteiger partial charge is 0.351 e. The fourth-order valence-corrected chi connectivity index (χ4v) is 2.50. The van der Waals surface area contributed by atoms with Gasteiger partial charge in [-0.25, -0.2) is 0 Å². The Hall–Kier alpha value is -2.13. The molecule has 1 atom stereocenters. The lowest BCUT2D eigenvalue weighted by Gasteiger charge is -2.25. The van der Waals surface area contributed by atoms with E-state index in [-0.39, 0.29) is 11.9 Å².